The highest BCUT2D eigenvalue weighted by Gasteiger charge is 2.44. The molecule has 1 heterocycles. The molecule has 11 nitrogen and oxygen atoms in total. The lowest BCUT2D eigenvalue weighted by molar-refractivity contribution is -0.303. The Labute approximate surface area is 467 Å². The van der Waals surface area contributed by atoms with E-state index in [1.54, 1.807) is 0 Å². The maximum atomic E-state index is 13.2. The summed E-state index contributed by atoms with van der Waals surface area (Å²) in [4.78, 5) is 13.2. The van der Waals surface area contributed by atoms with E-state index in [0.717, 1.165) is 57.8 Å². The van der Waals surface area contributed by atoms with Gasteiger partial charge in [-0.3, -0.25) is 4.79 Å². The molecule has 76 heavy (non-hydrogen) atoms. The molecule has 0 saturated carbocycles. The second-order valence-corrected chi connectivity index (χ2v) is 23.2. The highest BCUT2D eigenvalue weighted by molar-refractivity contribution is 5.80. The Morgan fingerprint density at radius 3 is 1.13 bits per heavy atom. The van der Waals surface area contributed by atoms with E-state index in [1.807, 2.05) is 0 Å². The first-order valence-electron chi connectivity index (χ1n) is 32.7. The van der Waals surface area contributed by atoms with E-state index in [0.29, 0.717) is 12.8 Å². The maximum Gasteiger partial charge on any atom is 0.249 e. The van der Waals surface area contributed by atoms with Gasteiger partial charge in [-0.25, -0.2) is 0 Å². The van der Waals surface area contributed by atoms with Gasteiger partial charge in [0.1, 0.15) is 36.6 Å². The average Bonchev–Trinajstić information content (AvgIpc) is 3.42. The lowest BCUT2D eigenvalue weighted by Gasteiger charge is -2.40. The lowest BCUT2D eigenvalue weighted by Crippen LogP contribution is -2.60. The van der Waals surface area contributed by atoms with Gasteiger partial charge in [0.05, 0.1) is 25.4 Å². The Bertz CT molecular complexity index is 1280. The zero-order valence-electron chi connectivity index (χ0n) is 49.5. The number of allylic oxidation sites excluding steroid dienone is 4. The molecule has 0 aromatic rings. The highest BCUT2D eigenvalue weighted by Crippen LogP contribution is 2.24. The van der Waals surface area contributed by atoms with Crippen molar-refractivity contribution in [3.05, 3.63) is 24.3 Å². The predicted molar refractivity (Wildman–Crippen MR) is 316 cm³/mol. The molecule has 0 aromatic heterocycles. The highest BCUT2D eigenvalue weighted by atomic mass is 16.7. The molecule has 1 fully saturated rings. The van der Waals surface area contributed by atoms with Gasteiger partial charge >= 0.3 is 0 Å². The van der Waals surface area contributed by atoms with Gasteiger partial charge in [-0.1, -0.05) is 276 Å². The largest absolute Gasteiger partial charge is 0.394 e. The zero-order chi connectivity index (χ0) is 55.4. The molecule has 1 aliphatic rings. The van der Waals surface area contributed by atoms with E-state index in [4.69, 9.17) is 9.47 Å². The summed E-state index contributed by atoms with van der Waals surface area (Å²) in [5.74, 6) is -0.707. The zero-order valence-corrected chi connectivity index (χ0v) is 49.5. The molecular formula is C65H125NO10. The van der Waals surface area contributed by atoms with Crippen molar-refractivity contribution in [2.45, 2.75) is 371 Å². The van der Waals surface area contributed by atoms with Gasteiger partial charge in [0.15, 0.2) is 6.29 Å². The number of nitrogens with one attached hydrogen (secondary N) is 1. The summed E-state index contributed by atoms with van der Waals surface area (Å²) in [7, 11) is 0. The van der Waals surface area contributed by atoms with Crippen LogP contribution in [0.3, 0.4) is 0 Å². The molecule has 0 bridgehead atoms. The molecular weight excluding hydrogens is 955 g/mol. The van der Waals surface area contributed by atoms with E-state index in [9.17, 15) is 40.5 Å². The van der Waals surface area contributed by atoms with Crippen LogP contribution in [0.5, 0.6) is 0 Å². The van der Waals surface area contributed by atoms with Crippen LogP contribution in [0.15, 0.2) is 24.3 Å². The summed E-state index contributed by atoms with van der Waals surface area (Å²) >= 11 is 0. The van der Waals surface area contributed by atoms with Crippen LogP contribution in [0.4, 0.5) is 0 Å². The minimum atomic E-state index is -1.67. The predicted octanol–water partition coefficient (Wildman–Crippen LogP) is 14.9. The molecule has 0 aromatic carbocycles. The van der Waals surface area contributed by atoms with E-state index in [-0.39, 0.29) is 12.8 Å². The summed E-state index contributed by atoms with van der Waals surface area (Å²) in [6, 6.07) is -1.19. The third-order valence-electron chi connectivity index (χ3n) is 16.0. The van der Waals surface area contributed by atoms with Gasteiger partial charge < -0.3 is 50.5 Å². The van der Waals surface area contributed by atoms with Crippen molar-refractivity contribution < 1.29 is 50.0 Å². The third kappa shape index (κ3) is 41.6. The number of carbonyl (C=O) groups excluding carboxylic acids is 1. The maximum absolute atomic E-state index is 13.2. The fourth-order valence-corrected chi connectivity index (χ4v) is 10.7. The van der Waals surface area contributed by atoms with Crippen molar-refractivity contribution in [3.63, 3.8) is 0 Å². The number of carbonyl (C=O) groups is 1. The van der Waals surface area contributed by atoms with Crippen molar-refractivity contribution in [2.24, 2.45) is 0 Å². The second kappa shape index (κ2) is 54.2. The van der Waals surface area contributed by atoms with Crippen LogP contribution in [-0.2, 0) is 14.3 Å². The van der Waals surface area contributed by atoms with Crippen molar-refractivity contribution >= 4 is 5.91 Å². The summed E-state index contributed by atoms with van der Waals surface area (Å²) in [5.41, 5.74) is 0. The quantitative estimate of drug-likeness (QED) is 0.0215. The normalized spacial score (nSPS) is 19.7. The van der Waals surface area contributed by atoms with Gasteiger partial charge in [-0.05, 0) is 64.2 Å². The number of rotatable bonds is 57. The summed E-state index contributed by atoms with van der Waals surface area (Å²) in [6.45, 7) is 3.48. The molecule has 11 heteroatoms. The topological polar surface area (TPSA) is 189 Å². The van der Waals surface area contributed by atoms with Crippen LogP contribution in [0, 0.1) is 0 Å². The molecule has 0 spiro atoms. The number of aliphatic hydroxyl groups is 7. The first-order valence-corrected chi connectivity index (χ1v) is 32.7. The molecule has 1 rings (SSSR count). The molecule has 1 amide bonds. The molecule has 0 radical (unpaired) electrons. The van der Waals surface area contributed by atoms with Gasteiger partial charge in [0.25, 0.3) is 0 Å². The minimum absolute atomic E-state index is 0.248. The molecule has 1 saturated heterocycles. The van der Waals surface area contributed by atoms with Gasteiger partial charge in [-0.15, -0.1) is 0 Å². The number of ether oxygens (including phenoxy) is 2. The smallest absolute Gasteiger partial charge is 0.249 e. The van der Waals surface area contributed by atoms with Crippen LogP contribution in [0.2, 0.25) is 0 Å². The number of amides is 1. The Morgan fingerprint density at radius 2 is 0.776 bits per heavy atom. The second-order valence-electron chi connectivity index (χ2n) is 23.2. The molecule has 1 aliphatic heterocycles. The van der Waals surface area contributed by atoms with Crippen molar-refractivity contribution in [1.82, 2.24) is 5.32 Å². The van der Waals surface area contributed by atoms with Crippen LogP contribution in [0.1, 0.15) is 316 Å². The minimum Gasteiger partial charge on any atom is -0.394 e. The first-order chi connectivity index (χ1) is 37.2. The van der Waals surface area contributed by atoms with Crippen LogP contribution in [0.25, 0.3) is 0 Å². The fraction of sp³-hybridized carbons (Fsp3) is 0.923. The van der Waals surface area contributed by atoms with Gasteiger partial charge in [0.2, 0.25) is 5.91 Å². The van der Waals surface area contributed by atoms with Gasteiger partial charge in [0, 0.05) is 0 Å². The Balaban J connectivity index is 2.24. The summed E-state index contributed by atoms with van der Waals surface area (Å²) < 4.78 is 11.2. The van der Waals surface area contributed by atoms with Gasteiger partial charge in [-0.2, -0.15) is 0 Å². The van der Waals surface area contributed by atoms with Crippen molar-refractivity contribution in [2.75, 3.05) is 13.2 Å². The number of unbranched alkanes of at least 4 members (excludes halogenated alkanes) is 41. The summed E-state index contributed by atoms with van der Waals surface area (Å²) in [6.07, 6.45) is 55.4. The molecule has 450 valence electrons. The molecule has 9 unspecified atom stereocenters. The van der Waals surface area contributed by atoms with E-state index >= 15 is 0 Å². The van der Waals surface area contributed by atoms with Crippen LogP contribution >= 0.6 is 0 Å². The average molecular weight is 1080 g/mol. The van der Waals surface area contributed by atoms with Crippen LogP contribution in [-0.4, -0.2) is 110 Å². The number of hydrogen-bond acceptors (Lipinski definition) is 10. The van der Waals surface area contributed by atoms with Crippen LogP contribution < -0.4 is 5.32 Å². The van der Waals surface area contributed by atoms with E-state index < -0.39 is 74.2 Å². The molecule has 9 atom stereocenters. The Hall–Kier alpha value is -1.41. The fourth-order valence-electron chi connectivity index (χ4n) is 10.7. The van der Waals surface area contributed by atoms with E-state index in [1.165, 1.54) is 218 Å². The summed E-state index contributed by atoms with van der Waals surface area (Å²) in [5, 5.41) is 76.3. The lowest BCUT2D eigenvalue weighted by atomic mass is 9.98. The Morgan fingerprint density at radius 1 is 0.447 bits per heavy atom. The standard InChI is InChI=1S/C65H125NO10/c1-3-5-7-9-11-13-15-17-19-21-23-24-25-26-27-28-29-30-31-32-33-35-36-38-40-42-44-46-48-50-52-57(68)60(70)56(55-75-65-63(73)62(72)61(71)59(54-67)76-65)66-64(74)58(69)53-51-49-47-45-43-41-39-37-34-22-20-18-16-14-12-10-8-6-4-2/h34,37,44,46,56-63,65,67-73H,3-33,35-36,38-43,45,47-55H2,1-2H3,(H,66,74)/b37-34-,46-44+. The molecule has 0 aliphatic carbocycles. The number of aliphatic hydroxyl groups excluding tert-OH is 7. The molecule has 8 N–H and O–H groups in total. The van der Waals surface area contributed by atoms with Crippen molar-refractivity contribution in [3.8, 4) is 0 Å². The third-order valence-corrected chi connectivity index (χ3v) is 16.0. The monoisotopic (exact) mass is 1080 g/mol. The number of hydrogen-bond donors (Lipinski definition) is 8. The SMILES string of the molecule is CCCCCCCCCCC/C=C\CCCCCCCCC(O)C(=O)NC(COC1OC(CO)C(O)C(O)C1O)C(O)C(O)CCC/C=C/CCCCCCCCCCCCCCCCCCCCCCCCCCC. The van der Waals surface area contributed by atoms with E-state index in [2.05, 4.69) is 43.5 Å². The Kier molecular flexibility index (Phi) is 51.8. The first kappa shape index (κ1) is 72.6. The van der Waals surface area contributed by atoms with Crippen molar-refractivity contribution in [1.29, 1.82) is 0 Å².